The number of ether oxygens (including phenoxy) is 8. The number of para-hydroxylation sites is 4. The van der Waals surface area contributed by atoms with Gasteiger partial charge in [-0.15, -0.1) is 0 Å². The van der Waals surface area contributed by atoms with Gasteiger partial charge in [0, 0.05) is 55.8 Å². The van der Waals surface area contributed by atoms with Crippen molar-refractivity contribution in [2.24, 2.45) is 0 Å². The average Bonchev–Trinajstić information content (AvgIpc) is 0.860. The normalized spacial score (nSPS) is 11.1. The first-order valence-electron chi connectivity index (χ1n) is 46.6. The summed E-state index contributed by atoms with van der Waals surface area (Å²) in [4.78, 5) is 73.3. The average molecular weight is 2130 g/mol. The number of carbonyl (C=O) groups is 7. The molecule has 1 aliphatic heterocycles. The van der Waals surface area contributed by atoms with Crippen molar-refractivity contribution in [2.75, 3.05) is 115 Å². The SMILES string of the molecule is C/C=C(\C#N)C(=O)OCC.CCCCCCCCOC(=O)C(=C=[N-])C=O.CCCC[P+](CCCC)(CCCC)CCCC.CCCC[P+](CCCC)(CCCC)CCCC.[K+].[K+].[Li+].[N-]=C=C(C=O)c1ccc(Br)cc1.[N-]=C=C(C=O)c1ccc(Br)cc1.[N-]=C=C(C=O)c1ccc(Cl)cc1.[N-]=C=C(C=O)c1ccc(Cl)cc1.c1ccc2c(c1)OCCOCCOc1ccccc1OCCOCCO2. The minimum atomic E-state index is -0.814. The number of benzene rings is 6. The van der Waals surface area contributed by atoms with Crippen LogP contribution in [-0.4, -0.2) is 188 Å². The predicted molar refractivity (Wildman–Crippen MR) is 569 cm³/mol. The van der Waals surface area contributed by atoms with E-state index in [4.69, 9.17) is 88.7 Å². The Morgan fingerprint density at radius 2 is 0.620 bits per heavy atom. The van der Waals surface area contributed by atoms with E-state index in [-0.39, 0.29) is 162 Å². The molecule has 1 aliphatic rings. The van der Waals surface area contributed by atoms with Gasteiger partial charge in [-0.1, -0.05) is 280 Å². The Balaban J connectivity index is -0.000000483. The van der Waals surface area contributed by atoms with E-state index >= 15 is 0 Å². The van der Waals surface area contributed by atoms with Gasteiger partial charge in [0.15, 0.2) is 54.4 Å². The molecule has 6 aromatic rings. The molecule has 0 radical (unpaired) electrons. The largest absolute Gasteiger partial charge is 1.00 e. The summed E-state index contributed by atoms with van der Waals surface area (Å²) in [7, 11) is -1.12. The van der Waals surface area contributed by atoms with Gasteiger partial charge in [0.05, 0.1) is 88.9 Å². The van der Waals surface area contributed by atoms with Crippen LogP contribution in [0.15, 0.2) is 172 Å². The molecule has 137 heavy (non-hydrogen) atoms. The number of hydrogen-bond donors (Lipinski definition) is 0. The molecule has 0 aliphatic carbocycles. The Morgan fingerprint density at radius 1 is 0.365 bits per heavy atom. The van der Waals surface area contributed by atoms with E-state index in [9.17, 15) is 33.6 Å². The van der Waals surface area contributed by atoms with Crippen LogP contribution in [0.5, 0.6) is 23.0 Å². The molecule has 0 spiro atoms. The number of carbonyl (C=O) groups excluding carboxylic acids is 7. The van der Waals surface area contributed by atoms with E-state index in [0.29, 0.717) is 140 Å². The second-order valence-electron chi connectivity index (χ2n) is 30.5. The van der Waals surface area contributed by atoms with Crippen molar-refractivity contribution in [3.05, 3.63) is 231 Å². The molecule has 1 heterocycles. The summed E-state index contributed by atoms with van der Waals surface area (Å²) in [6.07, 6.45) is 46.3. The molecule has 0 atom stereocenters. The molecule has 732 valence electrons. The van der Waals surface area contributed by atoms with Crippen LogP contribution in [0, 0.1) is 11.3 Å². The molecule has 30 heteroatoms. The zero-order chi connectivity index (χ0) is 99.9. The standard InChI is InChI=1S/C20H24O6.2C16H36P.C12H18NO3.2C9H5BrNO.2C9H5ClNO.C7H9NO2.2K.Li/c1-2-6-18-17(5-1)23-13-9-21-11-15-25-19-7-3-4-8-20(19)26-16-12-22-10-14-24-18;2*1-5-9-13-17(14-10-6-2,15-11-7-3)16-12-8-4;1-2-3-4-5-6-7-8-16-12(15)11(9-13)10-14;4*10-9-3-1-7(2-4-9)8(5-11)6-12;1-3-6(5-8)7(9)10-4-2;;;/h1-8H,9-16H2;2*5-16H2,1-4H3;10H,2-8H2,1H3;4*1-4,6H;3H,4H2,1-2H3;;;/q;2*+1;5*-1;;3*+1/b;;;;;;;;6-3+;;;. The van der Waals surface area contributed by atoms with Crippen LogP contribution >= 0.6 is 69.6 Å². The van der Waals surface area contributed by atoms with Crippen LogP contribution < -0.4 is 141 Å². The molecule has 6 aromatic carbocycles. The van der Waals surface area contributed by atoms with Crippen LogP contribution in [0.25, 0.3) is 49.3 Å². The fourth-order valence-electron chi connectivity index (χ4n) is 12.5. The maximum Gasteiger partial charge on any atom is 1.00 e. The number of esters is 2. The Hall–Kier alpha value is -5.52. The first-order valence-corrected chi connectivity index (χ1v) is 54.0. The van der Waals surface area contributed by atoms with Gasteiger partial charge in [-0.2, -0.15) is 5.26 Å². The van der Waals surface area contributed by atoms with Gasteiger partial charge in [-0.3, -0.25) is 53.3 Å². The second kappa shape index (κ2) is 96.6. The first kappa shape index (κ1) is 140. The van der Waals surface area contributed by atoms with E-state index in [1.165, 1.54) is 134 Å². The zero-order valence-electron chi connectivity index (χ0n) is 83.8. The topological polar surface area (TPSA) is 329 Å². The molecule has 21 nitrogen and oxygen atoms in total. The number of halogens is 4. The fourth-order valence-corrected chi connectivity index (χ4v) is 23.9. The summed E-state index contributed by atoms with van der Waals surface area (Å²) in [5.41, 5.74) is 2.62. The minimum absolute atomic E-state index is 0. The Bertz CT molecular complexity index is 4070. The van der Waals surface area contributed by atoms with Gasteiger partial charge in [0.1, 0.15) is 43.6 Å². The maximum atomic E-state index is 11.0. The molecule has 0 amide bonds. The number of rotatable bonds is 43. The van der Waals surface area contributed by atoms with Crippen molar-refractivity contribution in [1.82, 2.24) is 0 Å². The van der Waals surface area contributed by atoms with E-state index in [1.54, 1.807) is 178 Å². The maximum absolute atomic E-state index is 11.0. The van der Waals surface area contributed by atoms with Crippen molar-refractivity contribution in [2.45, 2.75) is 217 Å². The summed E-state index contributed by atoms with van der Waals surface area (Å²) in [6, 6.07) is 44.0. The number of nitriles is 1. The van der Waals surface area contributed by atoms with Crippen molar-refractivity contribution in [1.29, 1.82) is 5.26 Å². The van der Waals surface area contributed by atoms with Crippen LogP contribution in [0.1, 0.15) is 240 Å². The monoisotopic (exact) mass is 2130 g/mol. The Labute approximate surface area is 944 Å². The van der Waals surface area contributed by atoms with Crippen LogP contribution in [0.3, 0.4) is 0 Å². The quantitative estimate of drug-likeness (QED) is 0.00328. The van der Waals surface area contributed by atoms with E-state index in [1.807, 2.05) is 60.3 Å². The van der Waals surface area contributed by atoms with Gasteiger partial charge in [0.2, 0.25) is 0 Å². The molecule has 7 rings (SSSR count). The third-order valence-electron chi connectivity index (χ3n) is 20.2. The van der Waals surface area contributed by atoms with E-state index in [2.05, 4.69) is 98.9 Å². The van der Waals surface area contributed by atoms with Crippen molar-refractivity contribution in [3.63, 3.8) is 0 Å². The zero-order valence-corrected chi connectivity index (χ0v) is 96.5. The van der Waals surface area contributed by atoms with E-state index < -0.39 is 32.0 Å². The number of unbranched alkanes of at least 4 members (excludes halogenated alkanes) is 13. The summed E-state index contributed by atoms with van der Waals surface area (Å²) in [5, 5.41) is 51.9. The van der Waals surface area contributed by atoms with Crippen LogP contribution in [0.2, 0.25) is 10.0 Å². The van der Waals surface area contributed by atoms with Crippen molar-refractivity contribution >= 4 is 165 Å². The number of allylic oxidation sites excluding steroid dienone is 5. The summed E-state index contributed by atoms with van der Waals surface area (Å²) >= 11 is 17.8. The minimum Gasteiger partial charge on any atom is -0.763 e. The third-order valence-corrected chi connectivity index (χ3v) is 31.9. The molecule has 0 aromatic heterocycles. The van der Waals surface area contributed by atoms with Gasteiger partial charge >= 0.3 is 134 Å². The molecule has 0 saturated carbocycles. The molecule has 0 bridgehead atoms. The third kappa shape index (κ3) is 69.2. The molecule has 0 N–H and O–H groups in total. The smallest absolute Gasteiger partial charge is 0.763 e. The molecular formula is C107H143Br2Cl2K2LiN6O15P2. The van der Waals surface area contributed by atoms with E-state index in [0.717, 1.165) is 28.2 Å². The summed E-state index contributed by atoms with van der Waals surface area (Å²) in [5.74, 6) is 10.2. The Kier molecular flexibility index (Phi) is 98.7. The first-order chi connectivity index (χ1) is 65.0. The molecule has 0 fully saturated rings. The number of aldehydes is 5. The molecule has 0 unspecified atom stereocenters. The number of hydrogen-bond acceptors (Lipinski definition) is 16. The predicted octanol–water partition coefficient (Wildman–Crippen LogP) is 18.5. The second-order valence-corrected chi connectivity index (χ2v) is 42.1. The molecule has 0 saturated heterocycles. The summed E-state index contributed by atoms with van der Waals surface area (Å²) < 4.78 is 45.2. The Morgan fingerprint density at radius 3 is 0.839 bits per heavy atom. The summed E-state index contributed by atoms with van der Waals surface area (Å²) in [6.45, 7) is 28.5. The van der Waals surface area contributed by atoms with Crippen LogP contribution in [0.4, 0.5) is 0 Å². The molecular weight excluding hydrogens is 1990 g/mol. The van der Waals surface area contributed by atoms with Crippen molar-refractivity contribution < 1.29 is 193 Å². The van der Waals surface area contributed by atoms with Gasteiger partial charge < -0.3 is 64.9 Å². The van der Waals surface area contributed by atoms with Gasteiger partial charge in [0.25, 0.3) is 0 Å². The van der Waals surface area contributed by atoms with Gasteiger partial charge in [-0.05, 0) is 167 Å². The van der Waals surface area contributed by atoms with Crippen LogP contribution in [-0.2, 0) is 52.5 Å². The van der Waals surface area contributed by atoms with Crippen molar-refractivity contribution in [3.8, 4) is 29.1 Å². The number of fused-ring (bicyclic) bond motifs is 2. The fraction of sp³-hybridized carbons (Fsp3) is 0.477. The number of nitrogens with zero attached hydrogens (tertiary/aromatic N) is 6. The van der Waals surface area contributed by atoms with Gasteiger partial charge in [-0.25, -0.2) is 9.59 Å².